The highest BCUT2D eigenvalue weighted by molar-refractivity contribution is 5.33. The Labute approximate surface area is 173 Å². The van der Waals surface area contributed by atoms with E-state index in [4.69, 9.17) is 18.9 Å². The number of hydrogen-bond acceptors (Lipinski definition) is 5. The van der Waals surface area contributed by atoms with Gasteiger partial charge in [-0.1, -0.05) is 44.6 Å². The molecule has 5 nitrogen and oxygen atoms in total. The van der Waals surface area contributed by atoms with Crippen LogP contribution in [0, 0.1) is 34.5 Å². The van der Waals surface area contributed by atoms with Crippen molar-refractivity contribution >= 4 is 0 Å². The first-order valence-electron chi connectivity index (χ1n) is 11.4. The molecule has 6 aliphatic rings. The van der Waals surface area contributed by atoms with Gasteiger partial charge < -0.3 is 24.1 Å². The lowest BCUT2D eigenvalue weighted by Gasteiger charge is -2.62. The van der Waals surface area contributed by atoms with Crippen LogP contribution in [0.4, 0.5) is 0 Å². The van der Waals surface area contributed by atoms with E-state index in [0.29, 0.717) is 30.3 Å². The summed E-state index contributed by atoms with van der Waals surface area (Å²) < 4.78 is 24.2. The molecule has 160 valence electrons. The van der Waals surface area contributed by atoms with Gasteiger partial charge in [0.25, 0.3) is 0 Å². The lowest BCUT2D eigenvalue weighted by atomic mass is 9.44. The molecule has 0 bridgehead atoms. The van der Waals surface area contributed by atoms with E-state index in [1.807, 2.05) is 0 Å². The van der Waals surface area contributed by atoms with Crippen LogP contribution in [0.3, 0.4) is 0 Å². The molecule has 0 radical (unpaired) electrons. The van der Waals surface area contributed by atoms with Crippen LogP contribution in [0.2, 0.25) is 0 Å². The maximum atomic E-state index is 11.7. The van der Waals surface area contributed by atoms with Gasteiger partial charge in [-0.15, -0.1) is 0 Å². The minimum atomic E-state index is -0.814. The van der Waals surface area contributed by atoms with E-state index in [9.17, 15) is 5.11 Å². The third-order valence-corrected chi connectivity index (χ3v) is 9.96. The molecule has 2 aliphatic heterocycles. The highest BCUT2D eigenvalue weighted by Gasteiger charge is 2.76. The number of ether oxygens (including phenoxy) is 4. The van der Waals surface area contributed by atoms with Crippen molar-refractivity contribution in [3.63, 3.8) is 0 Å². The van der Waals surface area contributed by atoms with Crippen molar-refractivity contribution in [1.82, 2.24) is 0 Å². The SMILES string of the molecule is C[C@H]1C[C@@H]2[C@H]([C@@H](O)C[C@@]3(C)[C@H]2CC[C@@]32OCOC23COCO3)[C@@]2(C)CC=CC=C12. The summed E-state index contributed by atoms with van der Waals surface area (Å²) in [6.07, 6.45) is 11.5. The Morgan fingerprint density at radius 2 is 1.97 bits per heavy atom. The largest absolute Gasteiger partial charge is 0.393 e. The monoisotopic (exact) mass is 402 g/mol. The molecular formula is C24H34O5. The molecule has 6 rings (SSSR count). The second-order valence-electron chi connectivity index (χ2n) is 10.9. The van der Waals surface area contributed by atoms with E-state index >= 15 is 0 Å². The molecule has 5 fully saturated rings. The standard InChI is InChI=1S/C24H34O5/c1-15-10-16-18-7-9-23(24(29-14-27-23)12-26-13-28-24)22(18,3)11-19(25)20(16)21(2)8-5-4-6-17(15)21/h4-6,15-16,18-20,25H,7-14H2,1-3H3/t15-,16-,18-,19-,20+,21-,22-,23+,24?/m0/s1. The van der Waals surface area contributed by atoms with Gasteiger partial charge in [-0.2, -0.15) is 0 Å². The smallest absolute Gasteiger partial charge is 0.226 e. The Morgan fingerprint density at radius 3 is 2.76 bits per heavy atom. The Kier molecular flexibility index (Phi) is 3.90. The van der Waals surface area contributed by atoms with Crippen molar-refractivity contribution in [2.24, 2.45) is 34.5 Å². The summed E-state index contributed by atoms with van der Waals surface area (Å²) in [5, 5.41) is 11.7. The van der Waals surface area contributed by atoms with Gasteiger partial charge in [0.05, 0.1) is 6.10 Å². The molecule has 5 heteroatoms. The fourth-order valence-corrected chi connectivity index (χ4v) is 8.94. The van der Waals surface area contributed by atoms with E-state index in [2.05, 4.69) is 39.0 Å². The zero-order chi connectivity index (χ0) is 20.1. The third kappa shape index (κ3) is 2.09. The van der Waals surface area contributed by atoms with Gasteiger partial charge in [0.2, 0.25) is 5.79 Å². The highest BCUT2D eigenvalue weighted by atomic mass is 16.9. The first-order valence-corrected chi connectivity index (χ1v) is 11.4. The maximum absolute atomic E-state index is 11.7. The summed E-state index contributed by atoms with van der Waals surface area (Å²) in [5.74, 6) is 1.05. The van der Waals surface area contributed by atoms with E-state index < -0.39 is 11.4 Å². The second-order valence-corrected chi connectivity index (χ2v) is 10.9. The lowest BCUT2D eigenvalue weighted by molar-refractivity contribution is -0.257. The highest BCUT2D eigenvalue weighted by Crippen LogP contribution is 2.71. The van der Waals surface area contributed by atoms with Crippen molar-refractivity contribution in [3.8, 4) is 0 Å². The molecule has 2 saturated heterocycles. The Hall–Kier alpha value is -0.720. The summed E-state index contributed by atoms with van der Waals surface area (Å²) >= 11 is 0. The van der Waals surface area contributed by atoms with E-state index in [-0.39, 0.29) is 30.5 Å². The van der Waals surface area contributed by atoms with Gasteiger partial charge in [0.1, 0.15) is 12.2 Å². The van der Waals surface area contributed by atoms with Crippen molar-refractivity contribution in [2.75, 3.05) is 20.2 Å². The molecule has 1 N–H and O–H groups in total. The van der Waals surface area contributed by atoms with Crippen molar-refractivity contribution in [3.05, 3.63) is 23.8 Å². The molecule has 0 amide bonds. The van der Waals surface area contributed by atoms with Crippen LogP contribution in [0.15, 0.2) is 23.8 Å². The van der Waals surface area contributed by atoms with Gasteiger partial charge in [-0.3, -0.25) is 0 Å². The number of aliphatic hydroxyl groups excluding tert-OH is 1. The number of hydrogen-bond donors (Lipinski definition) is 1. The van der Waals surface area contributed by atoms with Crippen molar-refractivity contribution < 1.29 is 24.1 Å². The van der Waals surface area contributed by atoms with Crippen LogP contribution >= 0.6 is 0 Å². The average Bonchev–Trinajstić information content (AvgIpc) is 3.36. The van der Waals surface area contributed by atoms with Crippen LogP contribution in [0.1, 0.15) is 52.9 Å². The van der Waals surface area contributed by atoms with E-state index in [0.717, 1.165) is 32.1 Å². The summed E-state index contributed by atoms with van der Waals surface area (Å²) in [4.78, 5) is 0. The number of fused-ring (bicyclic) bond motifs is 7. The molecule has 1 unspecified atom stereocenters. The predicted molar refractivity (Wildman–Crippen MR) is 107 cm³/mol. The predicted octanol–water partition coefficient (Wildman–Crippen LogP) is 3.78. The molecule has 3 saturated carbocycles. The van der Waals surface area contributed by atoms with Gasteiger partial charge in [0.15, 0.2) is 13.6 Å². The normalized spacial score (nSPS) is 58.3. The number of aliphatic hydroxyl groups is 1. The zero-order valence-electron chi connectivity index (χ0n) is 17.9. The molecule has 4 aliphatic carbocycles. The zero-order valence-corrected chi connectivity index (χ0v) is 17.9. The van der Waals surface area contributed by atoms with Crippen LogP contribution < -0.4 is 0 Å². The summed E-state index contributed by atoms with van der Waals surface area (Å²) in [6.45, 7) is 8.05. The molecule has 9 atom stereocenters. The van der Waals surface area contributed by atoms with Crippen LogP contribution in [-0.2, 0) is 18.9 Å². The summed E-state index contributed by atoms with van der Waals surface area (Å²) in [6, 6.07) is 0. The Balaban J connectivity index is 1.43. The van der Waals surface area contributed by atoms with E-state index in [1.54, 1.807) is 5.57 Å². The van der Waals surface area contributed by atoms with Crippen LogP contribution in [-0.4, -0.2) is 42.8 Å². The molecular weight excluding hydrogens is 368 g/mol. The molecule has 0 aromatic rings. The first kappa shape index (κ1) is 19.0. The topological polar surface area (TPSA) is 57.2 Å². The molecule has 29 heavy (non-hydrogen) atoms. The van der Waals surface area contributed by atoms with Gasteiger partial charge in [-0.25, -0.2) is 0 Å². The van der Waals surface area contributed by atoms with Crippen molar-refractivity contribution in [2.45, 2.75) is 70.4 Å². The fourth-order valence-electron chi connectivity index (χ4n) is 8.94. The molecule has 2 spiro atoms. The van der Waals surface area contributed by atoms with E-state index in [1.165, 1.54) is 0 Å². The number of rotatable bonds is 0. The first-order chi connectivity index (χ1) is 13.9. The van der Waals surface area contributed by atoms with Gasteiger partial charge >= 0.3 is 0 Å². The molecule has 2 heterocycles. The van der Waals surface area contributed by atoms with Crippen LogP contribution in [0.25, 0.3) is 0 Å². The quantitative estimate of drug-likeness (QED) is 0.668. The van der Waals surface area contributed by atoms with Crippen molar-refractivity contribution in [1.29, 1.82) is 0 Å². The van der Waals surface area contributed by atoms with Gasteiger partial charge in [-0.05, 0) is 61.2 Å². The molecule has 0 aromatic carbocycles. The van der Waals surface area contributed by atoms with Crippen LogP contribution in [0.5, 0.6) is 0 Å². The third-order valence-electron chi connectivity index (χ3n) is 9.96. The number of allylic oxidation sites excluding steroid dienone is 4. The molecule has 0 aromatic heterocycles. The average molecular weight is 403 g/mol. The summed E-state index contributed by atoms with van der Waals surface area (Å²) in [7, 11) is 0. The second kappa shape index (κ2) is 5.95. The van der Waals surface area contributed by atoms with Gasteiger partial charge in [0, 0.05) is 5.41 Å². The minimum absolute atomic E-state index is 0.0608. The minimum Gasteiger partial charge on any atom is -0.393 e. The summed E-state index contributed by atoms with van der Waals surface area (Å²) in [5.41, 5.74) is 0.895. The maximum Gasteiger partial charge on any atom is 0.226 e. The Morgan fingerprint density at radius 1 is 1.14 bits per heavy atom. The Bertz CT molecular complexity index is 764. The lowest BCUT2D eigenvalue weighted by Crippen LogP contribution is -2.66. The fraction of sp³-hybridized carbons (Fsp3) is 0.833.